The zero-order valence-corrected chi connectivity index (χ0v) is 11.6. The smallest absolute Gasteiger partial charge is 0.311 e. The summed E-state index contributed by atoms with van der Waals surface area (Å²) >= 11 is 0. The van der Waals surface area contributed by atoms with Crippen LogP contribution in [0.5, 0.6) is 5.75 Å². The number of carbonyl (C=O) groups excluding carboxylic acids is 1. The Hall–Kier alpha value is -2.55. The first-order valence-electron chi connectivity index (χ1n) is 6.03. The molecule has 6 nitrogen and oxygen atoms in total. The van der Waals surface area contributed by atoms with Crippen molar-refractivity contribution in [3.8, 4) is 18.1 Å². The van der Waals surface area contributed by atoms with Crippen molar-refractivity contribution in [2.45, 2.75) is 26.3 Å². The third-order valence-corrected chi connectivity index (χ3v) is 2.51. The van der Waals surface area contributed by atoms with Crippen LogP contribution < -0.4 is 10.1 Å². The van der Waals surface area contributed by atoms with Gasteiger partial charge >= 0.3 is 5.69 Å². The maximum atomic E-state index is 12.2. The van der Waals surface area contributed by atoms with Crippen molar-refractivity contribution in [1.29, 1.82) is 0 Å². The van der Waals surface area contributed by atoms with Gasteiger partial charge in [-0.15, -0.1) is 6.42 Å². The molecule has 0 aromatic heterocycles. The summed E-state index contributed by atoms with van der Waals surface area (Å²) < 4.78 is 5.24. The monoisotopic (exact) mass is 276 g/mol. The fourth-order valence-corrected chi connectivity index (χ4v) is 1.53. The lowest BCUT2D eigenvalue weighted by molar-refractivity contribution is -0.385. The molecule has 106 valence electrons. The molecule has 1 aromatic carbocycles. The first-order chi connectivity index (χ1) is 9.32. The lowest BCUT2D eigenvalue weighted by atomic mass is 10.1. The normalized spacial score (nSPS) is 10.5. The number of hydrogen-bond acceptors (Lipinski definition) is 4. The van der Waals surface area contributed by atoms with Gasteiger partial charge in [-0.3, -0.25) is 14.9 Å². The molecular formula is C14H16N2O4. The Bertz CT molecular complexity index is 573. The van der Waals surface area contributed by atoms with Gasteiger partial charge in [0.2, 0.25) is 5.75 Å². The van der Waals surface area contributed by atoms with Crippen molar-refractivity contribution in [1.82, 2.24) is 5.32 Å². The fourth-order valence-electron chi connectivity index (χ4n) is 1.53. The minimum atomic E-state index is -0.856. The molecule has 6 heteroatoms. The summed E-state index contributed by atoms with van der Waals surface area (Å²) in [6, 6.07) is 4.17. The van der Waals surface area contributed by atoms with Crippen molar-refractivity contribution in [3.05, 3.63) is 33.9 Å². The van der Waals surface area contributed by atoms with Crippen LogP contribution in [-0.4, -0.2) is 23.0 Å². The molecule has 0 unspecified atom stereocenters. The Morgan fingerprint density at radius 1 is 1.55 bits per heavy atom. The van der Waals surface area contributed by atoms with Gasteiger partial charge in [0.05, 0.1) is 22.6 Å². The van der Waals surface area contributed by atoms with Crippen LogP contribution in [-0.2, 0) is 0 Å². The average Bonchev–Trinajstić information content (AvgIpc) is 2.38. The summed E-state index contributed by atoms with van der Waals surface area (Å²) in [5.74, 6) is 1.86. The predicted molar refractivity (Wildman–Crippen MR) is 74.6 cm³/mol. The van der Waals surface area contributed by atoms with Gasteiger partial charge in [0.25, 0.3) is 5.91 Å². The van der Waals surface area contributed by atoms with Crippen LogP contribution in [0, 0.1) is 22.5 Å². The number of hydrogen-bond donors (Lipinski definition) is 1. The molecule has 0 aliphatic rings. The molecule has 1 rings (SSSR count). The maximum absolute atomic E-state index is 12.2. The van der Waals surface area contributed by atoms with Crippen molar-refractivity contribution >= 4 is 11.6 Å². The quantitative estimate of drug-likeness (QED) is 0.507. The zero-order chi connectivity index (χ0) is 15.3. The van der Waals surface area contributed by atoms with Crippen LogP contribution in [0.2, 0.25) is 0 Å². The van der Waals surface area contributed by atoms with Crippen LogP contribution in [0.25, 0.3) is 0 Å². The van der Waals surface area contributed by atoms with Crippen LogP contribution in [0.15, 0.2) is 18.2 Å². The number of nitro benzene ring substituents is 1. The maximum Gasteiger partial charge on any atom is 0.311 e. The van der Waals surface area contributed by atoms with Gasteiger partial charge in [-0.2, -0.15) is 0 Å². The highest BCUT2D eigenvalue weighted by Gasteiger charge is 2.26. The highest BCUT2D eigenvalue weighted by atomic mass is 16.6. The van der Waals surface area contributed by atoms with Gasteiger partial charge in [0, 0.05) is 6.07 Å². The third kappa shape index (κ3) is 3.48. The molecule has 1 N–H and O–H groups in total. The number of nitrogens with zero attached hydrogens (tertiary/aromatic N) is 1. The second-order valence-corrected chi connectivity index (χ2v) is 4.57. The second-order valence-electron chi connectivity index (χ2n) is 4.57. The van der Waals surface area contributed by atoms with E-state index in [-0.39, 0.29) is 23.6 Å². The van der Waals surface area contributed by atoms with Crippen LogP contribution >= 0.6 is 0 Å². The first-order valence-corrected chi connectivity index (χ1v) is 6.03. The molecule has 1 amide bonds. The lowest BCUT2D eigenvalue weighted by Crippen LogP contribution is -2.42. The minimum Gasteiger partial charge on any atom is -0.487 e. The first kappa shape index (κ1) is 15.5. The number of amides is 1. The van der Waals surface area contributed by atoms with Gasteiger partial charge in [-0.1, -0.05) is 12.0 Å². The summed E-state index contributed by atoms with van der Waals surface area (Å²) in [6.07, 6.45) is 5.30. The van der Waals surface area contributed by atoms with Crippen molar-refractivity contribution < 1.29 is 14.5 Å². The van der Waals surface area contributed by atoms with Crippen LogP contribution in [0.1, 0.15) is 31.1 Å². The van der Waals surface area contributed by atoms with Gasteiger partial charge < -0.3 is 10.1 Å². The number of benzene rings is 1. The Morgan fingerprint density at radius 2 is 2.20 bits per heavy atom. The molecule has 0 bridgehead atoms. The summed E-state index contributed by atoms with van der Waals surface area (Å²) in [6.45, 7) is 5.21. The Morgan fingerprint density at radius 3 is 2.70 bits per heavy atom. The molecule has 1 aromatic rings. The van der Waals surface area contributed by atoms with E-state index >= 15 is 0 Å². The summed E-state index contributed by atoms with van der Waals surface area (Å²) in [5, 5.41) is 13.6. The van der Waals surface area contributed by atoms with Gasteiger partial charge in [0.15, 0.2) is 0 Å². The van der Waals surface area contributed by atoms with Crippen LogP contribution in [0.4, 0.5) is 5.69 Å². The Kier molecular flexibility index (Phi) is 4.70. The molecule has 0 aliphatic heterocycles. The molecule has 0 spiro atoms. The van der Waals surface area contributed by atoms with E-state index in [4.69, 9.17) is 11.2 Å². The van der Waals surface area contributed by atoms with E-state index < -0.39 is 16.4 Å². The molecule has 0 radical (unpaired) electrons. The number of nitro groups is 1. The largest absolute Gasteiger partial charge is 0.487 e. The predicted octanol–water partition coefficient (Wildman–Crippen LogP) is 2.14. The number of nitrogens with one attached hydrogen (secondary N) is 1. The number of carbonyl (C=O) groups is 1. The number of para-hydroxylation sites is 1. The summed E-state index contributed by atoms with van der Waals surface area (Å²) in [5.41, 5.74) is -1.02. The Balaban J connectivity index is 3.24. The minimum absolute atomic E-state index is 0.0506. The molecule has 0 fully saturated rings. The molecule has 0 aliphatic carbocycles. The topological polar surface area (TPSA) is 81.5 Å². The van der Waals surface area contributed by atoms with Gasteiger partial charge in [-0.25, -0.2) is 0 Å². The van der Waals surface area contributed by atoms with E-state index in [0.717, 1.165) is 0 Å². The number of ether oxygens (including phenoxy) is 1. The van der Waals surface area contributed by atoms with Gasteiger partial charge in [-0.05, 0) is 26.8 Å². The van der Waals surface area contributed by atoms with Crippen molar-refractivity contribution in [3.63, 3.8) is 0 Å². The third-order valence-electron chi connectivity index (χ3n) is 2.51. The van der Waals surface area contributed by atoms with Crippen molar-refractivity contribution in [2.75, 3.05) is 6.61 Å². The molecule has 0 atom stereocenters. The highest BCUT2D eigenvalue weighted by molar-refractivity contribution is 5.98. The van der Waals surface area contributed by atoms with E-state index in [1.54, 1.807) is 20.8 Å². The molecule has 0 saturated heterocycles. The molecule has 20 heavy (non-hydrogen) atoms. The molecule has 0 saturated carbocycles. The summed E-state index contributed by atoms with van der Waals surface area (Å²) in [7, 11) is 0. The Labute approximate surface area is 117 Å². The molecule has 0 heterocycles. The number of terminal acetylenes is 1. The van der Waals surface area contributed by atoms with E-state index in [2.05, 4.69) is 11.2 Å². The lowest BCUT2D eigenvalue weighted by Gasteiger charge is -2.20. The van der Waals surface area contributed by atoms with Crippen LogP contribution in [0.3, 0.4) is 0 Å². The fraction of sp³-hybridized carbons (Fsp3) is 0.357. The second kappa shape index (κ2) is 6.06. The zero-order valence-electron chi connectivity index (χ0n) is 11.6. The summed E-state index contributed by atoms with van der Waals surface area (Å²) in [4.78, 5) is 22.6. The highest BCUT2D eigenvalue weighted by Crippen LogP contribution is 2.31. The van der Waals surface area contributed by atoms with E-state index in [9.17, 15) is 14.9 Å². The average molecular weight is 276 g/mol. The van der Waals surface area contributed by atoms with E-state index in [0.29, 0.717) is 0 Å². The van der Waals surface area contributed by atoms with E-state index in [1.165, 1.54) is 18.2 Å². The SMILES string of the molecule is C#CC(C)(C)NC(=O)c1cccc([N+](=O)[O-])c1OCC. The molecular weight excluding hydrogens is 260 g/mol. The van der Waals surface area contributed by atoms with Crippen molar-refractivity contribution in [2.24, 2.45) is 0 Å². The number of rotatable bonds is 5. The standard InChI is InChI=1S/C14H16N2O4/c1-5-14(3,4)15-13(17)10-8-7-9-11(16(18)19)12(10)20-6-2/h1,7-9H,6H2,2-4H3,(H,15,17). The van der Waals surface area contributed by atoms with Gasteiger partial charge in [0.1, 0.15) is 0 Å². The van der Waals surface area contributed by atoms with E-state index in [1.807, 2.05) is 0 Å².